The van der Waals surface area contributed by atoms with Crippen molar-refractivity contribution in [1.29, 1.82) is 0 Å². The largest absolute Gasteiger partial charge is 0.481 e. The average molecular weight is 280 g/mol. The molecule has 1 aliphatic heterocycles. The molecule has 7 nitrogen and oxygen atoms in total. The third kappa shape index (κ3) is 3.16. The molecule has 7 heteroatoms. The summed E-state index contributed by atoms with van der Waals surface area (Å²) in [6.07, 6.45) is 0. The molecule has 0 radical (unpaired) electrons. The van der Waals surface area contributed by atoms with Crippen molar-refractivity contribution in [1.82, 2.24) is 15.3 Å². The zero-order valence-corrected chi connectivity index (χ0v) is 12.0. The van der Waals surface area contributed by atoms with Crippen molar-refractivity contribution < 1.29 is 14.3 Å². The summed E-state index contributed by atoms with van der Waals surface area (Å²) in [6, 6.07) is 1.35. The second-order valence-corrected chi connectivity index (χ2v) is 4.52. The Morgan fingerprint density at radius 2 is 2.35 bits per heavy atom. The minimum absolute atomic E-state index is 0.260. The first-order valence-electron chi connectivity index (χ1n) is 6.69. The standard InChI is InChI=1S/C13H20N4O3/c1-4-20-12(18)10-8-14-5-6-17(10)13-15-9(2)7-11(16-13)19-3/h7,10,14H,4-6,8H2,1-3H3. The van der Waals surface area contributed by atoms with Crippen molar-refractivity contribution in [2.24, 2.45) is 0 Å². The summed E-state index contributed by atoms with van der Waals surface area (Å²) >= 11 is 0. The Morgan fingerprint density at radius 1 is 1.55 bits per heavy atom. The molecule has 0 amide bonds. The van der Waals surface area contributed by atoms with Crippen LogP contribution in [-0.4, -0.2) is 55.3 Å². The average Bonchev–Trinajstić information content (AvgIpc) is 2.46. The van der Waals surface area contributed by atoms with Crippen molar-refractivity contribution >= 4 is 11.9 Å². The normalized spacial score (nSPS) is 18.8. The molecule has 0 saturated carbocycles. The van der Waals surface area contributed by atoms with Crippen LogP contribution in [0.2, 0.25) is 0 Å². The van der Waals surface area contributed by atoms with Crippen molar-refractivity contribution in [2.75, 3.05) is 38.3 Å². The molecular weight excluding hydrogens is 260 g/mol. The van der Waals surface area contributed by atoms with Gasteiger partial charge in [0.15, 0.2) is 0 Å². The minimum Gasteiger partial charge on any atom is -0.481 e. The highest BCUT2D eigenvalue weighted by Crippen LogP contribution is 2.19. The molecule has 1 fully saturated rings. The number of aromatic nitrogens is 2. The summed E-state index contributed by atoms with van der Waals surface area (Å²) in [4.78, 5) is 22.6. The van der Waals surface area contributed by atoms with Crippen LogP contribution >= 0.6 is 0 Å². The molecule has 2 rings (SSSR count). The van der Waals surface area contributed by atoms with Gasteiger partial charge in [0.1, 0.15) is 6.04 Å². The van der Waals surface area contributed by atoms with Crippen molar-refractivity contribution in [3.63, 3.8) is 0 Å². The van der Waals surface area contributed by atoms with Crippen LogP contribution in [0, 0.1) is 6.92 Å². The molecule has 1 aromatic heterocycles. The van der Waals surface area contributed by atoms with Gasteiger partial charge in [-0.15, -0.1) is 0 Å². The van der Waals surface area contributed by atoms with Gasteiger partial charge in [0.25, 0.3) is 0 Å². The molecule has 0 bridgehead atoms. The SMILES string of the molecule is CCOC(=O)C1CNCCN1c1nc(C)cc(OC)n1. The lowest BCUT2D eigenvalue weighted by molar-refractivity contribution is -0.144. The predicted octanol–water partition coefficient (Wildman–Crippen LogP) is 0.135. The molecule has 1 aromatic rings. The van der Waals surface area contributed by atoms with Crippen molar-refractivity contribution in [3.05, 3.63) is 11.8 Å². The van der Waals surface area contributed by atoms with E-state index in [9.17, 15) is 4.79 Å². The summed E-state index contributed by atoms with van der Waals surface area (Å²) < 4.78 is 10.3. The molecule has 2 heterocycles. The lowest BCUT2D eigenvalue weighted by Crippen LogP contribution is -2.56. The van der Waals surface area contributed by atoms with Crippen molar-refractivity contribution in [2.45, 2.75) is 19.9 Å². The van der Waals surface area contributed by atoms with E-state index in [2.05, 4.69) is 15.3 Å². The number of piperazine rings is 1. The topological polar surface area (TPSA) is 76.6 Å². The predicted molar refractivity (Wildman–Crippen MR) is 74.0 cm³/mol. The van der Waals surface area contributed by atoms with Gasteiger partial charge in [-0.2, -0.15) is 4.98 Å². The van der Waals surface area contributed by atoms with Crippen LogP contribution in [0.25, 0.3) is 0 Å². The van der Waals surface area contributed by atoms with Gasteiger partial charge in [0, 0.05) is 31.4 Å². The quantitative estimate of drug-likeness (QED) is 0.786. The molecule has 20 heavy (non-hydrogen) atoms. The van der Waals surface area contributed by atoms with E-state index in [4.69, 9.17) is 9.47 Å². The number of carbonyl (C=O) groups excluding carboxylic acids is 1. The van der Waals surface area contributed by atoms with E-state index in [1.54, 1.807) is 20.1 Å². The van der Waals surface area contributed by atoms with Crippen molar-refractivity contribution in [3.8, 4) is 5.88 Å². The number of nitrogens with zero attached hydrogens (tertiary/aromatic N) is 3. The molecule has 1 saturated heterocycles. The molecule has 1 unspecified atom stereocenters. The van der Waals surface area contributed by atoms with Gasteiger partial charge in [-0.05, 0) is 13.8 Å². The Bertz CT molecular complexity index is 481. The molecule has 0 aromatic carbocycles. The molecule has 1 N–H and O–H groups in total. The fourth-order valence-electron chi connectivity index (χ4n) is 2.15. The van der Waals surface area contributed by atoms with Crippen LogP contribution in [0.4, 0.5) is 5.95 Å². The van der Waals surface area contributed by atoms with E-state index >= 15 is 0 Å². The van der Waals surface area contributed by atoms with Crippen LogP contribution < -0.4 is 15.0 Å². The number of rotatable bonds is 4. The van der Waals surface area contributed by atoms with Gasteiger partial charge in [0.2, 0.25) is 11.8 Å². The number of ether oxygens (including phenoxy) is 2. The Balaban J connectivity index is 2.27. The number of carbonyl (C=O) groups is 1. The maximum atomic E-state index is 12.0. The van der Waals surface area contributed by atoms with E-state index in [1.165, 1.54) is 0 Å². The molecule has 0 spiro atoms. The maximum Gasteiger partial charge on any atom is 0.330 e. The number of hydrogen-bond acceptors (Lipinski definition) is 7. The first-order valence-corrected chi connectivity index (χ1v) is 6.69. The zero-order chi connectivity index (χ0) is 14.5. The summed E-state index contributed by atoms with van der Waals surface area (Å²) in [5.74, 6) is 0.735. The number of anilines is 1. The Morgan fingerprint density at radius 3 is 3.05 bits per heavy atom. The summed E-state index contributed by atoms with van der Waals surface area (Å²) in [7, 11) is 1.56. The highest BCUT2D eigenvalue weighted by Gasteiger charge is 2.31. The number of methoxy groups -OCH3 is 1. The van der Waals surface area contributed by atoms with E-state index in [1.807, 2.05) is 11.8 Å². The third-order valence-corrected chi connectivity index (χ3v) is 3.09. The molecule has 0 aliphatic carbocycles. The monoisotopic (exact) mass is 280 g/mol. The van der Waals surface area contributed by atoms with Crippen LogP contribution in [0.3, 0.4) is 0 Å². The lowest BCUT2D eigenvalue weighted by atomic mass is 10.2. The maximum absolute atomic E-state index is 12.0. The highest BCUT2D eigenvalue weighted by molar-refractivity contribution is 5.80. The zero-order valence-electron chi connectivity index (χ0n) is 12.0. The fraction of sp³-hybridized carbons (Fsp3) is 0.615. The van der Waals surface area contributed by atoms with Gasteiger partial charge in [-0.1, -0.05) is 0 Å². The number of esters is 1. The van der Waals surface area contributed by atoms with Gasteiger partial charge < -0.3 is 19.7 Å². The van der Waals surface area contributed by atoms with E-state index < -0.39 is 6.04 Å². The third-order valence-electron chi connectivity index (χ3n) is 3.09. The van der Waals surface area contributed by atoms with Gasteiger partial charge in [-0.25, -0.2) is 9.78 Å². The first kappa shape index (κ1) is 14.5. The molecule has 1 atom stereocenters. The van der Waals surface area contributed by atoms with Gasteiger partial charge in [-0.3, -0.25) is 0 Å². The Labute approximate surface area is 118 Å². The van der Waals surface area contributed by atoms with E-state index in [-0.39, 0.29) is 5.97 Å². The van der Waals surface area contributed by atoms with E-state index in [0.29, 0.717) is 31.5 Å². The summed E-state index contributed by atoms with van der Waals surface area (Å²) in [5.41, 5.74) is 0.799. The smallest absolute Gasteiger partial charge is 0.330 e. The van der Waals surface area contributed by atoms with Crippen LogP contribution in [-0.2, 0) is 9.53 Å². The first-order chi connectivity index (χ1) is 9.65. The van der Waals surface area contributed by atoms with Crippen LogP contribution in [0.1, 0.15) is 12.6 Å². The number of nitrogens with one attached hydrogen (secondary N) is 1. The Hall–Kier alpha value is -1.89. The second kappa shape index (κ2) is 6.51. The van der Waals surface area contributed by atoms with Crippen LogP contribution in [0.15, 0.2) is 6.07 Å². The highest BCUT2D eigenvalue weighted by atomic mass is 16.5. The molecule has 1 aliphatic rings. The minimum atomic E-state index is -0.407. The Kier molecular flexibility index (Phi) is 4.73. The van der Waals surface area contributed by atoms with E-state index in [0.717, 1.165) is 12.2 Å². The summed E-state index contributed by atoms with van der Waals surface area (Å²) in [5, 5.41) is 3.19. The number of aryl methyl sites for hydroxylation is 1. The molecular formula is C13H20N4O3. The van der Waals surface area contributed by atoms with Gasteiger partial charge in [0.05, 0.1) is 13.7 Å². The second-order valence-electron chi connectivity index (χ2n) is 4.52. The molecule has 110 valence electrons. The van der Waals surface area contributed by atoms with Gasteiger partial charge >= 0.3 is 5.97 Å². The van der Waals surface area contributed by atoms with Crippen LogP contribution in [0.5, 0.6) is 5.88 Å². The number of hydrogen-bond donors (Lipinski definition) is 1. The summed E-state index contributed by atoms with van der Waals surface area (Å²) in [6.45, 7) is 5.98. The lowest BCUT2D eigenvalue weighted by Gasteiger charge is -2.34. The fourth-order valence-corrected chi connectivity index (χ4v) is 2.15.